The maximum atomic E-state index is 11.1. The van der Waals surface area contributed by atoms with E-state index in [1.807, 2.05) is 30.5 Å². The zero-order valence-electron chi connectivity index (χ0n) is 10.2. The quantitative estimate of drug-likeness (QED) is 0.812. The van der Waals surface area contributed by atoms with Gasteiger partial charge in [0.05, 0.1) is 13.0 Å². The Labute approximate surface area is 106 Å². The number of hydrogen-bond acceptors (Lipinski definition) is 3. The zero-order valence-corrected chi connectivity index (χ0v) is 11.0. The second kappa shape index (κ2) is 7.22. The predicted octanol–water partition coefficient (Wildman–Crippen LogP) is 2.69. The third-order valence-electron chi connectivity index (χ3n) is 2.64. The van der Waals surface area contributed by atoms with E-state index in [2.05, 4.69) is 0 Å². The lowest BCUT2D eigenvalue weighted by atomic mass is 9.97. The van der Waals surface area contributed by atoms with E-state index in [0.29, 0.717) is 12.8 Å². The Hall–Kier alpha value is -1.16. The zero-order chi connectivity index (χ0) is 12.7. The molecule has 1 aromatic rings. The summed E-state index contributed by atoms with van der Waals surface area (Å²) in [6.45, 7) is 0. The Morgan fingerprint density at radius 3 is 2.88 bits per heavy atom. The molecule has 0 saturated carbocycles. The molecule has 94 valence electrons. The van der Waals surface area contributed by atoms with Crippen LogP contribution in [0, 0.1) is 5.92 Å². The number of rotatable bonds is 7. The highest BCUT2D eigenvalue weighted by atomic mass is 32.2. The number of carbonyl (C=O) groups is 1. The van der Waals surface area contributed by atoms with Crippen molar-refractivity contribution in [3.05, 3.63) is 29.8 Å². The highest BCUT2D eigenvalue weighted by Crippen LogP contribution is 2.19. The number of aliphatic carboxylic acids is 1. The molecule has 4 heteroatoms. The number of methoxy groups -OCH3 is 1. The first-order valence-corrected chi connectivity index (χ1v) is 6.91. The van der Waals surface area contributed by atoms with E-state index in [1.165, 1.54) is 0 Å². The van der Waals surface area contributed by atoms with Gasteiger partial charge in [-0.15, -0.1) is 0 Å². The van der Waals surface area contributed by atoms with Crippen molar-refractivity contribution in [2.75, 3.05) is 19.1 Å². The second-order valence-electron chi connectivity index (χ2n) is 3.87. The van der Waals surface area contributed by atoms with Crippen molar-refractivity contribution in [1.29, 1.82) is 0 Å². The minimum absolute atomic E-state index is 0.311. The first-order valence-electron chi connectivity index (χ1n) is 5.52. The molecule has 1 rings (SSSR count). The lowest BCUT2D eigenvalue weighted by Crippen LogP contribution is -2.17. The monoisotopic (exact) mass is 254 g/mol. The van der Waals surface area contributed by atoms with Crippen LogP contribution in [0.5, 0.6) is 5.75 Å². The van der Waals surface area contributed by atoms with Gasteiger partial charge in [0.15, 0.2) is 0 Å². The van der Waals surface area contributed by atoms with Crippen LogP contribution < -0.4 is 4.74 Å². The molecular weight excluding hydrogens is 236 g/mol. The lowest BCUT2D eigenvalue weighted by Gasteiger charge is -2.12. The maximum absolute atomic E-state index is 11.1. The molecule has 0 aliphatic carbocycles. The number of carboxylic acid groups (broad SMARTS) is 1. The Balaban J connectivity index is 2.67. The summed E-state index contributed by atoms with van der Waals surface area (Å²) in [4.78, 5) is 11.1. The molecule has 0 radical (unpaired) electrons. The van der Waals surface area contributed by atoms with Crippen LogP contribution in [0.15, 0.2) is 24.3 Å². The first kappa shape index (κ1) is 13.9. The van der Waals surface area contributed by atoms with Gasteiger partial charge in [-0.3, -0.25) is 4.79 Å². The first-order chi connectivity index (χ1) is 8.17. The van der Waals surface area contributed by atoms with Gasteiger partial charge in [-0.1, -0.05) is 12.1 Å². The van der Waals surface area contributed by atoms with Crippen LogP contribution in [0.2, 0.25) is 0 Å². The van der Waals surface area contributed by atoms with Crippen molar-refractivity contribution >= 4 is 17.7 Å². The van der Waals surface area contributed by atoms with Gasteiger partial charge < -0.3 is 9.84 Å². The molecule has 17 heavy (non-hydrogen) atoms. The molecule has 0 bridgehead atoms. The fourth-order valence-electron chi connectivity index (χ4n) is 1.66. The summed E-state index contributed by atoms with van der Waals surface area (Å²) in [5.41, 5.74) is 1.01. The average Bonchev–Trinajstić information content (AvgIpc) is 2.34. The van der Waals surface area contributed by atoms with Crippen molar-refractivity contribution in [1.82, 2.24) is 0 Å². The largest absolute Gasteiger partial charge is 0.497 e. The molecular formula is C13H18O3S. The van der Waals surface area contributed by atoms with Gasteiger partial charge in [0.25, 0.3) is 0 Å². The SMILES string of the molecule is COc1cccc(CC(CCSC)C(=O)O)c1. The Bertz CT molecular complexity index is 365. The highest BCUT2D eigenvalue weighted by Gasteiger charge is 2.17. The van der Waals surface area contributed by atoms with E-state index in [4.69, 9.17) is 9.84 Å². The van der Waals surface area contributed by atoms with E-state index in [9.17, 15) is 4.79 Å². The van der Waals surface area contributed by atoms with Crippen molar-refractivity contribution in [3.63, 3.8) is 0 Å². The predicted molar refractivity (Wildman–Crippen MR) is 70.8 cm³/mol. The van der Waals surface area contributed by atoms with Crippen LogP contribution in [0.4, 0.5) is 0 Å². The molecule has 0 amide bonds. The van der Waals surface area contributed by atoms with Crippen LogP contribution in [-0.4, -0.2) is 30.2 Å². The topological polar surface area (TPSA) is 46.5 Å². The van der Waals surface area contributed by atoms with Gasteiger partial charge in [-0.25, -0.2) is 0 Å². The summed E-state index contributed by atoms with van der Waals surface area (Å²) in [6, 6.07) is 7.59. The van der Waals surface area contributed by atoms with E-state index >= 15 is 0 Å². The summed E-state index contributed by atoms with van der Waals surface area (Å²) >= 11 is 1.68. The summed E-state index contributed by atoms with van der Waals surface area (Å²) in [6.07, 6.45) is 3.26. The number of thioether (sulfide) groups is 1. The van der Waals surface area contributed by atoms with Gasteiger partial charge >= 0.3 is 5.97 Å². The van der Waals surface area contributed by atoms with Gasteiger partial charge in [0.1, 0.15) is 5.75 Å². The highest BCUT2D eigenvalue weighted by molar-refractivity contribution is 7.98. The molecule has 1 N–H and O–H groups in total. The van der Waals surface area contributed by atoms with E-state index in [1.54, 1.807) is 18.9 Å². The van der Waals surface area contributed by atoms with Crippen LogP contribution in [0.25, 0.3) is 0 Å². The molecule has 0 fully saturated rings. The third-order valence-corrected chi connectivity index (χ3v) is 3.28. The van der Waals surface area contributed by atoms with E-state index in [0.717, 1.165) is 17.1 Å². The molecule has 1 aromatic carbocycles. The van der Waals surface area contributed by atoms with E-state index in [-0.39, 0.29) is 5.92 Å². The number of benzene rings is 1. The van der Waals surface area contributed by atoms with E-state index < -0.39 is 5.97 Å². The molecule has 0 heterocycles. The fourth-order valence-corrected chi connectivity index (χ4v) is 2.18. The Morgan fingerprint density at radius 2 is 2.29 bits per heavy atom. The minimum atomic E-state index is -0.720. The number of hydrogen-bond donors (Lipinski definition) is 1. The van der Waals surface area contributed by atoms with Gasteiger partial charge in [-0.2, -0.15) is 11.8 Å². The smallest absolute Gasteiger partial charge is 0.306 e. The lowest BCUT2D eigenvalue weighted by molar-refractivity contribution is -0.141. The van der Waals surface area contributed by atoms with Crippen LogP contribution in [0.1, 0.15) is 12.0 Å². The van der Waals surface area contributed by atoms with Crippen molar-refractivity contribution < 1.29 is 14.6 Å². The molecule has 1 unspecified atom stereocenters. The van der Waals surface area contributed by atoms with Crippen LogP contribution in [-0.2, 0) is 11.2 Å². The van der Waals surface area contributed by atoms with Crippen molar-refractivity contribution in [2.45, 2.75) is 12.8 Å². The summed E-state index contributed by atoms with van der Waals surface area (Å²) in [7, 11) is 1.61. The number of carboxylic acids is 1. The molecule has 0 spiro atoms. The van der Waals surface area contributed by atoms with Crippen LogP contribution in [0.3, 0.4) is 0 Å². The molecule has 0 aromatic heterocycles. The standard InChI is InChI=1S/C13H18O3S/c1-16-12-5-3-4-10(9-12)8-11(13(14)15)6-7-17-2/h3-5,9,11H,6-8H2,1-2H3,(H,14,15). The molecule has 3 nitrogen and oxygen atoms in total. The second-order valence-corrected chi connectivity index (χ2v) is 4.86. The summed E-state index contributed by atoms with van der Waals surface area (Å²) in [5.74, 6) is 0.619. The number of ether oxygens (including phenoxy) is 1. The van der Waals surface area contributed by atoms with Crippen LogP contribution >= 0.6 is 11.8 Å². The Kier molecular flexibility index (Phi) is 5.91. The fraction of sp³-hybridized carbons (Fsp3) is 0.462. The average molecular weight is 254 g/mol. The minimum Gasteiger partial charge on any atom is -0.497 e. The summed E-state index contributed by atoms with van der Waals surface area (Å²) < 4.78 is 5.13. The summed E-state index contributed by atoms with van der Waals surface area (Å²) in [5, 5.41) is 9.15. The molecule has 0 aliphatic heterocycles. The molecule has 0 saturated heterocycles. The van der Waals surface area contributed by atoms with Gasteiger partial charge in [-0.05, 0) is 42.5 Å². The Morgan fingerprint density at radius 1 is 1.53 bits per heavy atom. The third kappa shape index (κ3) is 4.69. The van der Waals surface area contributed by atoms with Crippen molar-refractivity contribution in [2.24, 2.45) is 5.92 Å². The van der Waals surface area contributed by atoms with Crippen molar-refractivity contribution in [3.8, 4) is 5.75 Å². The molecule has 1 atom stereocenters. The molecule has 0 aliphatic rings. The van der Waals surface area contributed by atoms with Gasteiger partial charge in [0, 0.05) is 0 Å². The maximum Gasteiger partial charge on any atom is 0.306 e. The normalized spacial score (nSPS) is 12.1. The van der Waals surface area contributed by atoms with Gasteiger partial charge in [0.2, 0.25) is 0 Å².